The Hall–Kier alpha value is -0.480. The lowest BCUT2D eigenvalue weighted by molar-refractivity contribution is -0.145. The number of rotatable bonds is 3. The molecule has 1 aliphatic rings. The average molecular weight is 343 g/mol. The molecule has 0 aliphatic heterocycles. The largest absolute Gasteiger partial charge is 0.480 e. The Balaban J connectivity index is 2.14. The fraction of sp³-hybridized carbons (Fsp3) is 0.533. The predicted octanol–water partition coefficient (Wildman–Crippen LogP) is 4.82. The van der Waals surface area contributed by atoms with Gasteiger partial charge in [-0.2, -0.15) is 0 Å². The highest BCUT2D eigenvalue weighted by Gasteiger charge is 2.54. The molecule has 1 fully saturated rings. The third-order valence-electron chi connectivity index (χ3n) is 3.88. The minimum atomic E-state index is -0.682. The lowest BCUT2D eigenvalue weighted by Gasteiger charge is -2.49. The number of hydrogen-bond acceptors (Lipinski definition) is 2. The number of aliphatic carboxylic acids is 1. The summed E-state index contributed by atoms with van der Waals surface area (Å²) in [5.74, 6) is -0.193. The summed E-state index contributed by atoms with van der Waals surface area (Å²) >= 11 is 4.92. The van der Waals surface area contributed by atoms with Crippen LogP contribution in [0.15, 0.2) is 33.6 Å². The summed E-state index contributed by atoms with van der Waals surface area (Å²) in [6.45, 7) is 6.56. The molecule has 0 spiro atoms. The van der Waals surface area contributed by atoms with Crippen molar-refractivity contribution in [2.45, 2.75) is 43.3 Å². The van der Waals surface area contributed by atoms with Crippen LogP contribution in [0.25, 0.3) is 0 Å². The van der Waals surface area contributed by atoms with Crippen LogP contribution in [0.4, 0.5) is 0 Å². The third-order valence-corrected chi connectivity index (χ3v) is 5.76. The van der Waals surface area contributed by atoms with Crippen LogP contribution in [0.1, 0.15) is 33.6 Å². The number of thioether (sulfide) groups is 1. The Labute approximate surface area is 127 Å². The molecular weight excluding hydrogens is 324 g/mol. The number of carboxylic acids is 1. The van der Waals surface area contributed by atoms with Gasteiger partial charge in [-0.1, -0.05) is 42.8 Å². The van der Waals surface area contributed by atoms with Gasteiger partial charge in [0.2, 0.25) is 0 Å². The molecule has 0 saturated heterocycles. The second kappa shape index (κ2) is 5.13. The van der Waals surface area contributed by atoms with Gasteiger partial charge >= 0.3 is 5.97 Å². The maximum Gasteiger partial charge on any atom is 0.320 e. The van der Waals surface area contributed by atoms with Crippen molar-refractivity contribution in [2.75, 3.05) is 0 Å². The first-order chi connectivity index (χ1) is 8.73. The van der Waals surface area contributed by atoms with E-state index >= 15 is 0 Å². The molecule has 4 heteroatoms. The van der Waals surface area contributed by atoms with Crippen molar-refractivity contribution in [2.24, 2.45) is 11.3 Å². The molecule has 1 saturated carbocycles. The summed E-state index contributed by atoms with van der Waals surface area (Å²) in [5.41, 5.74) is 0.191. The lowest BCUT2D eigenvalue weighted by Crippen LogP contribution is -2.51. The van der Waals surface area contributed by atoms with E-state index in [0.29, 0.717) is 5.92 Å². The van der Waals surface area contributed by atoms with Crippen molar-refractivity contribution >= 4 is 33.7 Å². The molecule has 0 unspecified atom stereocenters. The van der Waals surface area contributed by atoms with Gasteiger partial charge in [0.05, 0.1) is 0 Å². The maximum atomic E-state index is 11.6. The Morgan fingerprint density at radius 2 is 2.05 bits per heavy atom. The van der Waals surface area contributed by atoms with Crippen molar-refractivity contribution < 1.29 is 9.90 Å². The van der Waals surface area contributed by atoms with Gasteiger partial charge in [-0.25, -0.2) is 0 Å². The van der Waals surface area contributed by atoms with E-state index in [2.05, 4.69) is 36.7 Å². The van der Waals surface area contributed by atoms with Crippen molar-refractivity contribution in [3.05, 3.63) is 28.7 Å². The summed E-state index contributed by atoms with van der Waals surface area (Å²) in [7, 11) is 0. The van der Waals surface area contributed by atoms with Crippen molar-refractivity contribution in [3.63, 3.8) is 0 Å². The summed E-state index contributed by atoms with van der Waals surface area (Å²) in [6, 6.07) is 7.86. The van der Waals surface area contributed by atoms with E-state index in [1.165, 1.54) is 11.8 Å². The molecule has 1 aromatic rings. The monoisotopic (exact) mass is 342 g/mol. The molecule has 2 nitrogen and oxygen atoms in total. The van der Waals surface area contributed by atoms with Gasteiger partial charge in [0.25, 0.3) is 0 Å². The quantitative estimate of drug-likeness (QED) is 0.855. The van der Waals surface area contributed by atoms with E-state index in [-0.39, 0.29) is 5.41 Å². The third kappa shape index (κ3) is 3.16. The predicted molar refractivity (Wildman–Crippen MR) is 82.5 cm³/mol. The van der Waals surface area contributed by atoms with Crippen LogP contribution in [0.5, 0.6) is 0 Å². The van der Waals surface area contributed by atoms with Gasteiger partial charge in [-0.3, -0.25) is 4.79 Å². The first kappa shape index (κ1) is 14.9. The highest BCUT2D eigenvalue weighted by molar-refractivity contribution is 9.10. The fourth-order valence-electron chi connectivity index (χ4n) is 2.41. The molecule has 0 amide bonds. The zero-order valence-electron chi connectivity index (χ0n) is 11.4. The van der Waals surface area contributed by atoms with Gasteiger partial charge in [0.1, 0.15) is 4.75 Å². The van der Waals surface area contributed by atoms with E-state index in [9.17, 15) is 9.90 Å². The molecule has 0 aromatic heterocycles. The molecule has 1 aliphatic carbocycles. The Bertz CT molecular complexity index is 487. The fourth-order valence-corrected chi connectivity index (χ4v) is 4.40. The minimum absolute atomic E-state index is 0.191. The molecule has 19 heavy (non-hydrogen) atoms. The molecule has 1 N–H and O–H groups in total. The van der Waals surface area contributed by atoms with Crippen LogP contribution >= 0.6 is 27.7 Å². The van der Waals surface area contributed by atoms with Gasteiger partial charge < -0.3 is 5.11 Å². The zero-order chi connectivity index (χ0) is 14.3. The molecule has 2 rings (SSSR count). The van der Waals surface area contributed by atoms with Crippen LogP contribution in [-0.4, -0.2) is 15.8 Å². The number of carboxylic acid groups (broad SMARTS) is 1. The standard InChI is InChI=1S/C15H19BrO2S/c1-14(2,3)10-8-15(9-10,13(17)18)19-12-6-4-5-11(16)7-12/h4-7,10H,8-9H2,1-3H3,(H,17,18). The van der Waals surface area contributed by atoms with E-state index < -0.39 is 10.7 Å². The SMILES string of the molecule is CC(C)(C)C1CC(Sc2cccc(Br)c2)(C(=O)O)C1. The van der Waals surface area contributed by atoms with Crippen LogP contribution in [-0.2, 0) is 4.79 Å². The number of carbonyl (C=O) groups is 1. The highest BCUT2D eigenvalue weighted by atomic mass is 79.9. The van der Waals surface area contributed by atoms with Gasteiger partial charge in [-0.05, 0) is 42.4 Å². The number of benzene rings is 1. The Morgan fingerprint density at radius 3 is 2.53 bits per heavy atom. The molecule has 1 aromatic carbocycles. The Kier molecular flexibility index (Phi) is 4.03. The molecule has 0 heterocycles. The second-order valence-corrected chi connectivity index (χ2v) is 8.70. The molecule has 104 valence electrons. The molecule has 0 bridgehead atoms. The smallest absolute Gasteiger partial charge is 0.320 e. The van der Waals surface area contributed by atoms with Crippen molar-refractivity contribution in [1.29, 1.82) is 0 Å². The maximum absolute atomic E-state index is 11.6. The first-order valence-corrected chi connectivity index (χ1v) is 8.02. The average Bonchev–Trinajstić information content (AvgIpc) is 2.20. The number of halogens is 1. The van der Waals surface area contributed by atoms with Gasteiger partial charge in [-0.15, -0.1) is 11.8 Å². The highest BCUT2D eigenvalue weighted by Crippen LogP contribution is 2.56. The van der Waals surface area contributed by atoms with Crippen LogP contribution in [0.2, 0.25) is 0 Å². The van der Waals surface area contributed by atoms with E-state index in [4.69, 9.17) is 0 Å². The summed E-state index contributed by atoms with van der Waals surface area (Å²) in [5, 5.41) is 9.57. The topological polar surface area (TPSA) is 37.3 Å². The summed E-state index contributed by atoms with van der Waals surface area (Å²) in [4.78, 5) is 12.7. The normalized spacial score (nSPS) is 26.8. The molecular formula is C15H19BrO2S. The van der Waals surface area contributed by atoms with Crippen molar-refractivity contribution in [1.82, 2.24) is 0 Å². The van der Waals surface area contributed by atoms with Crippen LogP contribution in [0, 0.1) is 11.3 Å². The Morgan fingerprint density at radius 1 is 1.42 bits per heavy atom. The minimum Gasteiger partial charge on any atom is -0.480 e. The summed E-state index contributed by atoms with van der Waals surface area (Å²) in [6.07, 6.45) is 1.51. The molecule has 0 radical (unpaired) electrons. The second-order valence-electron chi connectivity index (χ2n) is 6.33. The number of hydrogen-bond donors (Lipinski definition) is 1. The van der Waals surface area contributed by atoms with E-state index in [1.54, 1.807) is 0 Å². The van der Waals surface area contributed by atoms with Gasteiger partial charge in [0, 0.05) is 9.37 Å². The zero-order valence-corrected chi connectivity index (χ0v) is 13.8. The first-order valence-electron chi connectivity index (χ1n) is 6.41. The van der Waals surface area contributed by atoms with Crippen molar-refractivity contribution in [3.8, 4) is 0 Å². The van der Waals surface area contributed by atoms with Crippen LogP contribution < -0.4 is 0 Å². The van der Waals surface area contributed by atoms with Gasteiger partial charge in [0.15, 0.2) is 0 Å². The lowest BCUT2D eigenvalue weighted by atomic mass is 9.62. The van der Waals surface area contributed by atoms with E-state index in [0.717, 1.165) is 22.2 Å². The summed E-state index contributed by atoms with van der Waals surface area (Å²) < 4.78 is 0.350. The molecule has 0 atom stereocenters. The van der Waals surface area contributed by atoms with Crippen LogP contribution in [0.3, 0.4) is 0 Å². The van der Waals surface area contributed by atoms with E-state index in [1.807, 2.05) is 24.3 Å².